The van der Waals surface area contributed by atoms with Crippen molar-refractivity contribution < 1.29 is 53.1 Å². The lowest BCUT2D eigenvalue weighted by Crippen LogP contribution is -2.61. The summed E-state index contributed by atoms with van der Waals surface area (Å²) in [4.78, 5) is 58.2. The van der Waals surface area contributed by atoms with Gasteiger partial charge in [0.25, 0.3) is 0 Å². The first kappa shape index (κ1) is 50.4. The summed E-state index contributed by atoms with van der Waals surface area (Å²) in [6.45, 7) is 14.5. The molecule has 0 aliphatic carbocycles. The predicted molar refractivity (Wildman–Crippen MR) is 231 cm³/mol. The molecule has 3 heterocycles. The summed E-state index contributed by atoms with van der Waals surface area (Å²) >= 11 is 0. The number of anilines is 1. The quantitative estimate of drug-likeness (QED) is 0.0543. The zero-order chi connectivity index (χ0) is 45.9. The van der Waals surface area contributed by atoms with Gasteiger partial charge in [-0.05, 0) is 98.5 Å². The van der Waals surface area contributed by atoms with Gasteiger partial charge in [0.05, 0.1) is 30.4 Å². The number of aliphatic hydroxyl groups excluding tert-OH is 1. The number of ketones is 1. The number of Topliss-reactive ketones (excluding diaryl/α,β-unsaturated/α-hetero) is 1. The van der Waals surface area contributed by atoms with Crippen molar-refractivity contribution in [3.05, 3.63) is 30.5 Å². The Kier molecular flexibility index (Phi) is 18.2. The number of cyclic esters (lactones) is 1. The third-order valence-corrected chi connectivity index (χ3v) is 12.5. The van der Waals surface area contributed by atoms with Gasteiger partial charge in [0.15, 0.2) is 11.9 Å². The van der Waals surface area contributed by atoms with Crippen LogP contribution >= 0.6 is 0 Å². The Balaban J connectivity index is 1.65. The molecule has 0 spiro atoms. The number of carbonyl (C=O) groups is 4. The van der Waals surface area contributed by atoms with Crippen molar-refractivity contribution in [1.82, 2.24) is 30.1 Å². The molecular formula is C44H71N7O11. The van der Waals surface area contributed by atoms with Crippen LogP contribution in [0.15, 0.2) is 30.5 Å². The highest BCUT2D eigenvalue weighted by Gasteiger charge is 2.58. The number of esters is 1. The highest BCUT2D eigenvalue weighted by molar-refractivity contribution is 6.01. The van der Waals surface area contributed by atoms with E-state index < -0.39 is 90.5 Å². The lowest BCUT2D eigenvalue weighted by Gasteiger charge is -2.42. The average Bonchev–Trinajstić information content (AvgIpc) is 3.80. The number of carbonyl (C=O) groups excluding carboxylic acids is 3. The molecule has 11 atom stereocenters. The Morgan fingerprint density at radius 1 is 1.13 bits per heavy atom. The Bertz CT molecular complexity index is 1800. The summed E-state index contributed by atoms with van der Waals surface area (Å²) in [5.74, 6) is -5.00. The Labute approximate surface area is 366 Å². The monoisotopic (exact) mass is 874 g/mol. The molecule has 62 heavy (non-hydrogen) atoms. The number of carboxylic acids is 1. The van der Waals surface area contributed by atoms with Gasteiger partial charge >= 0.3 is 18.0 Å². The van der Waals surface area contributed by atoms with Gasteiger partial charge in [-0.1, -0.05) is 38.1 Å². The molecule has 1 amide bonds. The number of ether oxygens (including phenoxy) is 5. The van der Waals surface area contributed by atoms with Crippen LogP contribution in [0.1, 0.15) is 93.4 Å². The maximum atomic E-state index is 14.4. The molecule has 2 aromatic rings. The zero-order valence-corrected chi connectivity index (χ0v) is 38.2. The molecule has 2 aliphatic rings. The van der Waals surface area contributed by atoms with Crippen molar-refractivity contribution in [2.45, 2.75) is 154 Å². The first-order chi connectivity index (χ1) is 29.3. The van der Waals surface area contributed by atoms with E-state index in [1.807, 2.05) is 64.2 Å². The second-order valence-corrected chi connectivity index (χ2v) is 17.4. The maximum absolute atomic E-state index is 14.4. The molecule has 2 aliphatic heterocycles. The van der Waals surface area contributed by atoms with Gasteiger partial charge < -0.3 is 49.8 Å². The van der Waals surface area contributed by atoms with Crippen LogP contribution in [0.5, 0.6) is 0 Å². The van der Waals surface area contributed by atoms with E-state index in [0.717, 1.165) is 5.56 Å². The molecule has 0 radical (unpaired) electrons. The fourth-order valence-corrected chi connectivity index (χ4v) is 9.09. The van der Waals surface area contributed by atoms with Crippen LogP contribution < -0.4 is 11.1 Å². The molecule has 0 saturated carbocycles. The number of nitrogens with one attached hydrogen (secondary N) is 1. The standard InChI is InChI=1S/C44H71N7O11/c1-11-33(49(8)9)38(55)41(59-13-3)61-36-23-34(52)31(22-37(53)54)40(56)60-35(12-2)44(7)39(28(5)46-25-27(4)24-43(36,6)58-10)51(42(57)62-44)20-15-14-19-50-26-32(47-48-50)29-17-16-18-30(45)21-29/h16-18,21,26-28,31,33,35-36,38-39,41,46,55H,11-15,19-20,22-25,45H2,1-10H3,(H,53,54)/t27-,28-,31-,33?,35-,36-,38?,39-,41+,43-,44-/m1/s1. The molecule has 348 valence electrons. The Morgan fingerprint density at radius 2 is 1.84 bits per heavy atom. The van der Waals surface area contributed by atoms with E-state index in [1.165, 1.54) is 7.11 Å². The van der Waals surface area contributed by atoms with Crippen LogP contribution in [0.25, 0.3) is 11.3 Å². The molecular weight excluding hydrogens is 803 g/mol. The second kappa shape index (κ2) is 22.4. The lowest BCUT2D eigenvalue weighted by molar-refractivity contribution is -0.258. The molecule has 1 aromatic heterocycles. The number of aliphatic carboxylic acids is 1. The molecule has 18 nitrogen and oxygen atoms in total. The van der Waals surface area contributed by atoms with E-state index in [-0.39, 0.29) is 25.0 Å². The summed E-state index contributed by atoms with van der Waals surface area (Å²) in [6.07, 6.45) is -2.10. The van der Waals surface area contributed by atoms with Crippen LogP contribution in [-0.2, 0) is 44.6 Å². The number of amides is 1. The Morgan fingerprint density at radius 3 is 2.45 bits per heavy atom. The number of likely N-dealkylation sites (N-methyl/N-ethyl adjacent to an activating group) is 1. The smallest absolute Gasteiger partial charge is 0.410 e. The fraction of sp³-hybridized carbons (Fsp3) is 0.727. The topological polar surface area (TPSA) is 230 Å². The minimum Gasteiger partial charge on any atom is -0.481 e. The van der Waals surface area contributed by atoms with Crippen LogP contribution in [-0.4, -0.2) is 154 Å². The third-order valence-electron chi connectivity index (χ3n) is 12.5. The minimum atomic E-state index is -1.72. The van der Waals surface area contributed by atoms with Gasteiger partial charge in [-0.15, -0.1) is 5.10 Å². The molecule has 18 heteroatoms. The van der Waals surface area contributed by atoms with Gasteiger partial charge in [-0.2, -0.15) is 0 Å². The number of hydrogen-bond acceptors (Lipinski definition) is 15. The number of unbranched alkanes of at least 4 members (excludes halogenated alkanes) is 1. The van der Waals surface area contributed by atoms with E-state index in [4.69, 9.17) is 29.4 Å². The van der Waals surface area contributed by atoms with Gasteiger partial charge in [0.2, 0.25) is 0 Å². The van der Waals surface area contributed by atoms with Gasteiger partial charge in [0, 0.05) is 56.6 Å². The third kappa shape index (κ3) is 12.3. The van der Waals surface area contributed by atoms with E-state index in [2.05, 4.69) is 15.6 Å². The van der Waals surface area contributed by atoms with Gasteiger partial charge in [-0.3, -0.25) is 24.0 Å². The van der Waals surface area contributed by atoms with Crippen LogP contribution in [0.3, 0.4) is 0 Å². The molecule has 2 fully saturated rings. The fourth-order valence-electron chi connectivity index (χ4n) is 9.09. The number of benzene rings is 1. The maximum Gasteiger partial charge on any atom is 0.410 e. The number of nitrogens with zero attached hydrogens (tertiary/aromatic N) is 5. The summed E-state index contributed by atoms with van der Waals surface area (Å²) in [7, 11) is 5.17. The van der Waals surface area contributed by atoms with Crippen LogP contribution in [0, 0.1) is 11.8 Å². The van der Waals surface area contributed by atoms with Crippen molar-refractivity contribution in [2.75, 3.05) is 46.6 Å². The largest absolute Gasteiger partial charge is 0.481 e. The van der Waals surface area contributed by atoms with Crippen molar-refractivity contribution >= 4 is 29.5 Å². The molecule has 4 rings (SSSR count). The summed E-state index contributed by atoms with van der Waals surface area (Å²) in [5, 5.41) is 33.7. The van der Waals surface area contributed by atoms with E-state index in [9.17, 15) is 29.4 Å². The number of carboxylic acid groups (broad SMARTS) is 1. The summed E-state index contributed by atoms with van der Waals surface area (Å²) in [5.41, 5.74) is 5.56. The van der Waals surface area contributed by atoms with Gasteiger partial charge in [-0.25, -0.2) is 4.79 Å². The van der Waals surface area contributed by atoms with Gasteiger partial charge in [0.1, 0.15) is 29.6 Å². The van der Waals surface area contributed by atoms with E-state index in [1.54, 1.807) is 43.3 Å². The lowest BCUT2D eigenvalue weighted by atomic mass is 9.83. The molecule has 0 bridgehead atoms. The second-order valence-electron chi connectivity index (χ2n) is 17.4. The normalized spacial score (nSPS) is 29.3. The van der Waals surface area contributed by atoms with Crippen LogP contribution in [0.2, 0.25) is 0 Å². The number of fused-ring (bicyclic) bond motifs is 1. The molecule has 1 aromatic carbocycles. The number of hydrogen-bond donors (Lipinski definition) is 4. The minimum absolute atomic E-state index is 0.110. The first-order valence-corrected chi connectivity index (χ1v) is 21.9. The van der Waals surface area contributed by atoms with Crippen LogP contribution in [0.4, 0.5) is 10.5 Å². The first-order valence-electron chi connectivity index (χ1n) is 21.9. The average molecular weight is 874 g/mol. The van der Waals surface area contributed by atoms with Crippen molar-refractivity contribution in [3.63, 3.8) is 0 Å². The van der Waals surface area contributed by atoms with E-state index in [0.29, 0.717) is 56.7 Å². The number of nitrogens with two attached hydrogens (primary N) is 1. The molecule has 2 unspecified atom stereocenters. The molecule has 2 saturated heterocycles. The number of nitrogen functional groups attached to an aromatic ring is 1. The highest BCUT2D eigenvalue weighted by atomic mass is 16.7. The highest BCUT2D eigenvalue weighted by Crippen LogP contribution is 2.39. The number of aromatic nitrogens is 3. The number of aliphatic hydroxyl groups is 1. The number of aryl methyl sites for hydroxylation is 1. The molecule has 5 N–H and O–H groups in total. The summed E-state index contributed by atoms with van der Waals surface area (Å²) in [6, 6.07) is 6.02. The number of rotatable bonds is 18. The zero-order valence-electron chi connectivity index (χ0n) is 38.2. The van der Waals surface area contributed by atoms with Crippen molar-refractivity contribution in [2.24, 2.45) is 11.8 Å². The summed E-state index contributed by atoms with van der Waals surface area (Å²) < 4.78 is 32.7. The van der Waals surface area contributed by atoms with Crippen molar-refractivity contribution in [1.29, 1.82) is 0 Å². The van der Waals surface area contributed by atoms with Crippen molar-refractivity contribution in [3.8, 4) is 11.3 Å². The van der Waals surface area contributed by atoms with E-state index >= 15 is 0 Å². The predicted octanol–water partition coefficient (Wildman–Crippen LogP) is 4.13. The Hall–Kier alpha value is -4.20. The number of methoxy groups -OCH3 is 1. The SMILES string of the molecule is CCO[C@@H](O[C@@H]1CC(=O)[C@@H](CC(=O)O)C(=O)O[C@H](CC)[C@@]2(C)OC(=O)N(CCCCn3cc(-c4cccc(N)c4)nn3)[C@@H]2[C@@H](C)NC[C@H](C)C[C@@]1(C)OC)C(O)C(CC)N(C)C.